The molecule has 3 aromatic rings. The van der Waals surface area contributed by atoms with E-state index in [1.54, 1.807) is 0 Å². The molecule has 0 aliphatic rings. The zero-order valence-corrected chi connectivity index (χ0v) is 11.5. The van der Waals surface area contributed by atoms with E-state index in [1.807, 2.05) is 72.8 Å². The summed E-state index contributed by atoms with van der Waals surface area (Å²) in [7, 11) is 0. The van der Waals surface area contributed by atoms with E-state index < -0.39 is 5.38 Å². The zero-order valence-electron chi connectivity index (χ0n) is 10.8. The van der Waals surface area contributed by atoms with E-state index >= 15 is 0 Å². The largest absolute Gasteiger partial charge is 0.292 e. The SMILES string of the molecule is O=C(c1cccc2ccccc12)C(Cl)c1ccccc1. The molecule has 3 aromatic carbocycles. The number of fused-ring (bicyclic) bond motifs is 1. The Balaban J connectivity index is 2.05. The van der Waals surface area contributed by atoms with Crippen molar-refractivity contribution in [2.24, 2.45) is 0 Å². The van der Waals surface area contributed by atoms with Gasteiger partial charge in [0.25, 0.3) is 0 Å². The van der Waals surface area contributed by atoms with Crippen molar-refractivity contribution in [3.05, 3.63) is 83.9 Å². The summed E-state index contributed by atoms with van der Waals surface area (Å²) >= 11 is 6.34. The molecule has 1 atom stereocenters. The van der Waals surface area contributed by atoms with Crippen LogP contribution in [0.25, 0.3) is 10.8 Å². The quantitative estimate of drug-likeness (QED) is 0.487. The molecule has 0 aromatic heterocycles. The van der Waals surface area contributed by atoms with Gasteiger partial charge in [0.1, 0.15) is 5.38 Å². The van der Waals surface area contributed by atoms with E-state index in [2.05, 4.69) is 0 Å². The van der Waals surface area contributed by atoms with Crippen molar-refractivity contribution in [1.82, 2.24) is 0 Å². The lowest BCUT2D eigenvalue weighted by atomic mass is 9.97. The van der Waals surface area contributed by atoms with Gasteiger partial charge >= 0.3 is 0 Å². The molecule has 0 amide bonds. The minimum absolute atomic E-state index is 0.0605. The molecule has 0 heterocycles. The van der Waals surface area contributed by atoms with Crippen LogP contribution in [0.5, 0.6) is 0 Å². The molecule has 20 heavy (non-hydrogen) atoms. The first-order chi connectivity index (χ1) is 9.77. The Morgan fingerprint density at radius 2 is 1.45 bits per heavy atom. The summed E-state index contributed by atoms with van der Waals surface area (Å²) in [6.45, 7) is 0. The molecular formula is C18H13ClO. The van der Waals surface area contributed by atoms with Gasteiger partial charge in [0.05, 0.1) is 0 Å². The Hall–Kier alpha value is -2.12. The molecule has 0 aliphatic carbocycles. The highest BCUT2D eigenvalue weighted by Gasteiger charge is 2.20. The third-order valence-electron chi connectivity index (χ3n) is 3.38. The van der Waals surface area contributed by atoms with Crippen LogP contribution in [0.4, 0.5) is 0 Å². The Morgan fingerprint density at radius 3 is 2.25 bits per heavy atom. The number of alkyl halides is 1. The summed E-state index contributed by atoms with van der Waals surface area (Å²) < 4.78 is 0. The highest BCUT2D eigenvalue weighted by molar-refractivity contribution is 6.35. The Morgan fingerprint density at radius 1 is 0.800 bits per heavy atom. The van der Waals surface area contributed by atoms with Crippen molar-refractivity contribution < 1.29 is 4.79 Å². The maximum absolute atomic E-state index is 12.6. The number of rotatable bonds is 3. The van der Waals surface area contributed by atoms with Gasteiger partial charge in [-0.3, -0.25) is 4.79 Å². The van der Waals surface area contributed by atoms with E-state index in [1.165, 1.54) is 0 Å². The highest BCUT2D eigenvalue weighted by atomic mass is 35.5. The second-order valence-electron chi connectivity index (χ2n) is 4.66. The molecule has 98 valence electrons. The van der Waals surface area contributed by atoms with Crippen molar-refractivity contribution in [3.8, 4) is 0 Å². The number of hydrogen-bond acceptors (Lipinski definition) is 1. The number of halogens is 1. The number of carbonyl (C=O) groups excluding carboxylic acids is 1. The van der Waals surface area contributed by atoms with E-state index in [0.717, 1.165) is 16.3 Å². The number of carbonyl (C=O) groups is 1. The maximum Gasteiger partial charge on any atom is 0.185 e. The zero-order chi connectivity index (χ0) is 13.9. The molecule has 0 saturated carbocycles. The molecule has 1 nitrogen and oxygen atoms in total. The fourth-order valence-corrected chi connectivity index (χ4v) is 2.61. The Kier molecular flexibility index (Phi) is 3.53. The van der Waals surface area contributed by atoms with E-state index in [0.29, 0.717) is 5.56 Å². The number of Topliss-reactive ketones (excluding diaryl/α,β-unsaturated/α-hetero) is 1. The first kappa shape index (κ1) is 12.9. The first-order valence-electron chi connectivity index (χ1n) is 6.48. The third kappa shape index (κ3) is 2.33. The van der Waals surface area contributed by atoms with Gasteiger partial charge in [0, 0.05) is 5.56 Å². The average molecular weight is 281 g/mol. The fourth-order valence-electron chi connectivity index (χ4n) is 2.35. The van der Waals surface area contributed by atoms with Crippen LogP contribution in [0.3, 0.4) is 0 Å². The van der Waals surface area contributed by atoms with Gasteiger partial charge in [-0.05, 0) is 16.3 Å². The molecule has 3 rings (SSSR count). The monoisotopic (exact) mass is 280 g/mol. The lowest BCUT2D eigenvalue weighted by molar-refractivity contribution is 0.0988. The van der Waals surface area contributed by atoms with Gasteiger partial charge in [-0.25, -0.2) is 0 Å². The summed E-state index contributed by atoms with van der Waals surface area (Å²) in [5.41, 5.74) is 1.50. The van der Waals surface area contributed by atoms with Gasteiger partial charge in [-0.2, -0.15) is 0 Å². The predicted molar refractivity (Wildman–Crippen MR) is 83.3 cm³/mol. The van der Waals surface area contributed by atoms with Gasteiger partial charge in [0.15, 0.2) is 5.78 Å². The summed E-state index contributed by atoms with van der Waals surface area (Å²) in [5, 5.41) is 1.35. The minimum atomic E-state index is -0.651. The van der Waals surface area contributed by atoms with Crippen molar-refractivity contribution in [3.63, 3.8) is 0 Å². The molecule has 0 spiro atoms. The van der Waals surface area contributed by atoms with Crippen LogP contribution in [0, 0.1) is 0 Å². The second kappa shape index (κ2) is 5.48. The van der Waals surface area contributed by atoms with Crippen LogP contribution in [0.1, 0.15) is 21.3 Å². The normalized spacial score (nSPS) is 12.2. The van der Waals surface area contributed by atoms with Crippen molar-refractivity contribution in [2.45, 2.75) is 5.38 Å². The van der Waals surface area contributed by atoms with Gasteiger partial charge in [-0.1, -0.05) is 72.8 Å². The molecule has 0 radical (unpaired) electrons. The van der Waals surface area contributed by atoms with Gasteiger partial charge < -0.3 is 0 Å². The van der Waals surface area contributed by atoms with Crippen LogP contribution >= 0.6 is 11.6 Å². The van der Waals surface area contributed by atoms with E-state index in [4.69, 9.17) is 11.6 Å². The summed E-state index contributed by atoms with van der Waals surface area (Å²) in [4.78, 5) is 12.6. The van der Waals surface area contributed by atoms with Gasteiger partial charge in [0.2, 0.25) is 0 Å². The second-order valence-corrected chi connectivity index (χ2v) is 5.10. The molecule has 1 unspecified atom stereocenters. The van der Waals surface area contributed by atoms with Gasteiger partial charge in [-0.15, -0.1) is 11.6 Å². The predicted octanol–water partition coefficient (Wildman–Crippen LogP) is 5.00. The molecule has 0 bridgehead atoms. The van der Waals surface area contributed by atoms with Crippen LogP contribution in [0.2, 0.25) is 0 Å². The smallest absolute Gasteiger partial charge is 0.185 e. The average Bonchev–Trinajstić information content (AvgIpc) is 2.54. The molecule has 0 fully saturated rings. The third-order valence-corrected chi connectivity index (χ3v) is 3.83. The Labute approximate surface area is 122 Å². The maximum atomic E-state index is 12.6. The molecule has 0 aliphatic heterocycles. The van der Waals surface area contributed by atoms with Crippen LogP contribution in [0.15, 0.2) is 72.8 Å². The molecular weight excluding hydrogens is 268 g/mol. The highest BCUT2D eigenvalue weighted by Crippen LogP contribution is 2.28. The molecule has 2 heteroatoms. The molecule has 0 saturated heterocycles. The molecule has 0 N–H and O–H groups in total. The van der Waals surface area contributed by atoms with Crippen LogP contribution in [-0.2, 0) is 0 Å². The van der Waals surface area contributed by atoms with Crippen LogP contribution in [-0.4, -0.2) is 5.78 Å². The van der Waals surface area contributed by atoms with Crippen molar-refractivity contribution in [2.75, 3.05) is 0 Å². The lowest BCUT2D eigenvalue weighted by Crippen LogP contribution is -2.08. The number of ketones is 1. The van der Waals surface area contributed by atoms with Crippen LogP contribution < -0.4 is 0 Å². The fraction of sp³-hybridized carbons (Fsp3) is 0.0556. The van der Waals surface area contributed by atoms with E-state index in [9.17, 15) is 4.79 Å². The summed E-state index contributed by atoms with van der Waals surface area (Å²) in [6, 6.07) is 23.0. The van der Waals surface area contributed by atoms with Crippen molar-refractivity contribution in [1.29, 1.82) is 0 Å². The van der Waals surface area contributed by atoms with Crippen molar-refractivity contribution >= 4 is 28.2 Å². The Bertz CT molecular complexity index is 744. The summed E-state index contributed by atoms with van der Waals surface area (Å²) in [5.74, 6) is -0.0605. The number of benzene rings is 3. The first-order valence-corrected chi connectivity index (χ1v) is 6.92. The summed E-state index contributed by atoms with van der Waals surface area (Å²) in [6.07, 6.45) is 0. The number of hydrogen-bond donors (Lipinski definition) is 0. The topological polar surface area (TPSA) is 17.1 Å². The standard InChI is InChI=1S/C18H13ClO/c19-17(14-8-2-1-3-9-14)18(20)16-12-6-10-13-7-4-5-11-15(13)16/h1-12,17H. The van der Waals surface area contributed by atoms with E-state index in [-0.39, 0.29) is 5.78 Å². The lowest BCUT2D eigenvalue weighted by Gasteiger charge is -2.11. The minimum Gasteiger partial charge on any atom is -0.292 e.